The highest BCUT2D eigenvalue weighted by molar-refractivity contribution is 6.31. The Morgan fingerprint density at radius 3 is 2.48 bits per heavy atom. The number of alkyl halides is 3. The van der Waals surface area contributed by atoms with E-state index in [1.54, 1.807) is 0 Å². The van der Waals surface area contributed by atoms with Crippen LogP contribution >= 0.6 is 23.2 Å². The number of rotatable bonds is 3. The van der Waals surface area contributed by atoms with Gasteiger partial charge >= 0.3 is 6.18 Å². The molecule has 2 N–H and O–H groups in total. The van der Waals surface area contributed by atoms with Gasteiger partial charge in [0.25, 0.3) is 5.91 Å². The Balaban J connectivity index is 2.17. The third-order valence-corrected chi connectivity index (χ3v) is 3.62. The zero-order valence-corrected chi connectivity index (χ0v) is 12.9. The van der Waals surface area contributed by atoms with E-state index in [9.17, 15) is 23.1 Å². The fourth-order valence-electron chi connectivity index (χ4n) is 1.85. The van der Waals surface area contributed by atoms with Crippen LogP contribution in [0.25, 0.3) is 0 Å². The van der Waals surface area contributed by atoms with Crippen molar-refractivity contribution in [1.82, 2.24) is 5.32 Å². The van der Waals surface area contributed by atoms with Gasteiger partial charge in [0.1, 0.15) is 5.75 Å². The molecule has 0 heterocycles. The molecule has 0 saturated heterocycles. The van der Waals surface area contributed by atoms with Gasteiger partial charge in [0, 0.05) is 16.6 Å². The SMILES string of the molecule is O=C(NCc1cc(C(F)(F)F)ccc1Cl)c1cc(Cl)ccc1O. The van der Waals surface area contributed by atoms with Crippen LogP contribution in [0.5, 0.6) is 5.75 Å². The number of phenols is 1. The van der Waals surface area contributed by atoms with Gasteiger partial charge in [-0.2, -0.15) is 13.2 Å². The summed E-state index contributed by atoms with van der Waals surface area (Å²) in [5, 5.41) is 12.3. The van der Waals surface area contributed by atoms with Gasteiger partial charge in [-0.25, -0.2) is 0 Å². The van der Waals surface area contributed by atoms with Crippen molar-refractivity contribution >= 4 is 29.1 Å². The number of carbonyl (C=O) groups excluding carboxylic acids is 1. The summed E-state index contributed by atoms with van der Waals surface area (Å²) in [5.74, 6) is -0.972. The van der Waals surface area contributed by atoms with Crippen molar-refractivity contribution in [3.63, 3.8) is 0 Å². The van der Waals surface area contributed by atoms with Crippen molar-refractivity contribution in [2.45, 2.75) is 12.7 Å². The molecule has 122 valence electrons. The first-order valence-electron chi connectivity index (χ1n) is 6.31. The van der Waals surface area contributed by atoms with Crippen molar-refractivity contribution in [2.24, 2.45) is 0 Å². The van der Waals surface area contributed by atoms with Gasteiger partial charge in [-0.05, 0) is 42.0 Å². The molecule has 0 saturated carbocycles. The molecule has 2 aromatic rings. The Morgan fingerprint density at radius 2 is 1.83 bits per heavy atom. The van der Waals surface area contributed by atoms with Gasteiger partial charge in [-0.1, -0.05) is 23.2 Å². The zero-order chi connectivity index (χ0) is 17.2. The topological polar surface area (TPSA) is 49.3 Å². The van der Waals surface area contributed by atoms with Crippen molar-refractivity contribution < 1.29 is 23.1 Å². The second-order valence-corrected chi connectivity index (χ2v) is 5.49. The number of benzene rings is 2. The Bertz CT molecular complexity index is 748. The van der Waals surface area contributed by atoms with E-state index in [-0.39, 0.29) is 33.5 Å². The summed E-state index contributed by atoms with van der Waals surface area (Å²) in [6.07, 6.45) is -4.51. The molecule has 0 aromatic heterocycles. The van der Waals surface area contributed by atoms with Gasteiger partial charge < -0.3 is 10.4 Å². The fraction of sp³-hybridized carbons (Fsp3) is 0.133. The standard InChI is InChI=1S/C15H10Cl2F3NO2/c16-10-2-4-13(22)11(6-10)14(23)21-7-8-5-9(15(18,19)20)1-3-12(8)17/h1-6,22H,7H2,(H,21,23). The van der Waals surface area contributed by atoms with E-state index in [0.29, 0.717) is 0 Å². The first-order valence-corrected chi connectivity index (χ1v) is 7.06. The molecule has 0 aliphatic heterocycles. The maximum atomic E-state index is 12.7. The predicted molar refractivity (Wildman–Crippen MR) is 80.7 cm³/mol. The molecule has 3 nitrogen and oxygen atoms in total. The zero-order valence-electron chi connectivity index (χ0n) is 11.4. The number of halogens is 5. The molecule has 0 aliphatic rings. The van der Waals surface area contributed by atoms with Gasteiger partial charge in [0.2, 0.25) is 0 Å². The Hall–Kier alpha value is -1.92. The van der Waals surface area contributed by atoms with Crippen molar-refractivity contribution in [3.8, 4) is 5.75 Å². The maximum Gasteiger partial charge on any atom is 0.416 e. The minimum Gasteiger partial charge on any atom is -0.507 e. The minimum atomic E-state index is -4.51. The number of hydrogen-bond donors (Lipinski definition) is 2. The molecule has 0 aliphatic carbocycles. The van der Waals surface area contributed by atoms with Crippen molar-refractivity contribution in [2.75, 3.05) is 0 Å². The van der Waals surface area contributed by atoms with E-state index in [1.807, 2.05) is 0 Å². The molecule has 2 aromatic carbocycles. The van der Waals surface area contributed by atoms with Gasteiger partial charge in [-0.15, -0.1) is 0 Å². The first-order chi connectivity index (χ1) is 10.7. The van der Waals surface area contributed by atoms with Gasteiger partial charge in [0.05, 0.1) is 11.1 Å². The summed E-state index contributed by atoms with van der Waals surface area (Å²) in [7, 11) is 0. The molecule has 23 heavy (non-hydrogen) atoms. The lowest BCUT2D eigenvalue weighted by Crippen LogP contribution is -2.23. The lowest BCUT2D eigenvalue weighted by molar-refractivity contribution is -0.137. The molecule has 0 radical (unpaired) electrons. The Labute approximate surface area is 139 Å². The second-order valence-electron chi connectivity index (χ2n) is 4.65. The average Bonchev–Trinajstić information content (AvgIpc) is 2.47. The summed E-state index contributed by atoms with van der Waals surface area (Å²) in [6, 6.07) is 6.73. The maximum absolute atomic E-state index is 12.7. The summed E-state index contributed by atoms with van der Waals surface area (Å²) in [4.78, 5) is 12.0. The van der Waals surface area contributed by atoms with Crippen LogP contribution < -0.4 is 5.32 Å². The average molecular weight is 364 g/mol. The third kappa shape index (κ3) is 4.30. The molecule has 0 atom stereocenters. The lowest BCUT2D eigenvalue weighted by Gasteiger charge is -2.12. The first kappa shape index (κ1) is 17.4. The van der Waals surface area contributed by atoms with Crippen LogP contribution in [-0.4, -0.2) is 11.0 Å². The largest absolute Gasteiger partial charge is 0.507 e. The predicted octanol–water partition coefficient (Wildman–Crippen LogP) is 4.65. The van der Waals surface area contributed by atoms with E-state index in [0.717, 1.165) is 18.2 Å². The van der Waals surface area contributed by atoms with Gasteiger partial charge in [-0.3, -0.25) is 4.79 Å². The number of aromatic hydroxyl groups is 1. The molecular weight excluding hydrogens is 354 g/mol. The van der Waals surface area contributed by atoms with Crippen LogP contribution in [0.3, 0.4) is 0 Å². The molecule has 0 bridgehead atoms. The van der Waals surface area contributed by atoms with Gasteiger partial charge in [0.15, 0.2) is 0 Å². The van der Waals surface area contributed by atoms with Crippen LogP contribution in [0.15, 0.2) is 36.4 Å². The summed E-state index contributed by atoms with van der Waals surface area (Å²) in [6.45, 7) is -0.229. The second kappa shape index (κ2) is 6.68. The molecule has 0 unspecified atom stereocenters. The number of hydrogen-bond acceptors (Lipinski definition) is 2. The Kier molecular flexibility index (Phi) is 5.06. The van der Waals surface area contributed by atoms with E-state index in [1.165, 1.54) is 18.2 Å². The molecular formula is C15H10Cl2F3NO2. The number of amides is 1. The van der Waals surface area contributed by atoms with E-state index >= 15 is 0 Å². The minimum absolute atomic E-state index is 0.0828. The highest BCUT2D eigenvalue weighted by Crippen LogP contribution is 2.31. The van der Waals surface area contributed by atoms with Crippen molar-refractivity contribution in [3.05, 3.63) is 63.1 Å². The third-order valence-electron chi connectivity index (χ3n) is 3.02. The monoisotopic (exact) mass is 363 g/mol. The van der Waals surface area contributed by atoms with E-state index in [4.69, 9.17) is 23.2 Å². The van der Waals surface area contributed by atoms with Crippen LogP contribution in [0.4, 0.5) is 13.2 Å². The Morgan fingerprint density at radius 1 is 1.13 bits per heavy atom. The summed E-state index contributed by atoms with van der Waals surface area (Å²) >= 11 is 11.6. The van der Waals surface area contributed by atoms with E-state index in [2.05, 4.69) is 5.32 Å². The number of phenolic OH excluding ortho intramolecular Hbond substituents is 1. The molecule has 2 rings (SSSR count). The number of nitrogens with one attached hydrogen (secondary N) is 1. The summed E-state index contributed by atoms with van der Waals surface area (Å²) in [5.41, 5.74) is -0.839. The molecule has 1 amide bonds. The number of carbonyl (C=O) groups is 1. The molecule has 0 spiro atoms. The highest BCUT2D eigenvalue weighted by atomic mass is 35.5. The molecule has 8 heteroatoms. The smallest absolute Gasteiger partial charge is 0.416 e. The van der Waals surface area contributed by atoms with Crippen LogP contribution in [0, 0.1) is 0 Å². The lowest BCUT2D eigenvalue weighted by atomic mass is 10.1. The summed E-state index contributed by atoms with van der Waals surface area (Å²) < 4.78 is 38.0. The van der Waals surface area contributed by atoms with Crippen LogP contribution in [0.1, 0.15) is 21.5 Å². The highest BCUT2D eigenvalue weighted by Gasteiger charge is 2.30. The normalized spacial score (nSPS) is 11.3. The quantitative estimate of drug-likeness (QED) is 0.833. The molecule has 0 fully saturated rings. The van der Waals surface area contributed by atoms with E-state index < -0.39 is 17.6 Å². The van der Waals surface area contributed by atoms with Crippen LogP contribution in [0.2, 0.25) is 10.0 Å². The van der Waals surface area contributed by atoms with Crippen LogP contribution in [-0.2, 0) is 12.7 Å². The van der Waals surface area contributed by atoms with Crippen molar-refractivity contribution in [1.29, 1.82) is 0 Å². The fourth-order valence-corrected chi connectivity index (χ4v) is 2.20.